The van der Waals surface area contributed by atoms with Crippen LogP contribution in [-0.4, -0.2) is 59.5 Å². The van der Waals surface area contributed by atoms with E-state index in [0.29, 0.717) is 39.3 Å². The minimum Gasteiger partial charge on any atom is -0.383 e. The number of anilines is 1. The van der Waals surface area contributed by atoms with E-state index in [9.17, 15) is 23.2 Å². The van der Waals surface area contributed by atoms with Crippen LogP contribution in [0.5, 0.6) is 0 Å². The van der Waals surface area contributed by atoms with Crippen LogP contribution in [0.3, 0.4) is 0 Å². The molecule has 3 heterocycles. The van der Waals surface area contributed by atoms with Gasteiger partial charge in [-0.2, -0.15) is 0 Å². The molecule has 0 unspecified atom stereocenters. The smallest absolute Gasteiger partial charge is 0.343 e. The van der Waals surface area contributed by atoms with E-state index in [1.165, 1.54) is 30.0 Å². The van der Waals surface area contributed by atoms with Gasteiger partial charge in [0.05, 0.1) is 25.6 Å². The summed E-state index contributed by atoms with van der Waals surface area (Å²) in [4.78, 5) is 52.1. The van der Waals surface area contributed by atoms with Gasteiger partial charge in [0, 0.05) is 47.0 Å². The first kappa shape index (κ1) is 33.1. The van der Waals surface area contributed by atoms with Gasteiger partial charge in [0.25, 0.3) is 5.56 Å². The molecule has 0 spiro atoms. The van der Waals surface area contributed by atoms with E-state index in [-0.39, 0.29) is 28.1 Å². The normalized spacial score (nSPS) is 11.4. The van der Waals surface area contributed by atoms with Crippen LogP contribution in [0, 0.1) is 11.6 Å². The van der Waals surface area contributed by atoms with Crippen LogP contribution in [0.4, 0.5) is 19.3 Å². The van der Waals surface area contributed by atoms with Crippen molar-refractivity contribution in [1.29, 1.82) is 0 Å². The number of thiophene rings is 1. The lowest BCUT2D eigenvalue weighted by Gasteiger charge is -2.17. The van der Waals surface area contributed by atoms with E-state index in [0.717, 1.165) is 28.0 Å². The summed E-state index contributed by atoms with van der Waals surface area (Å²) in [5, 5.41) is 2.85. The molecule has 0 aliphatic rings. The number of fused-ring (bicyclic) bond motifs is 1. The van der Waals surface area contributed by atoms with Crippen LogP contribution in [0.15, 0.2) is 74.9 Å². The van der Waals surface area contributed by atoms with Crippen molar-refractivity contribution in [2.24, 2.45) is 0 Å². The molecule has 3 aromatic heterocycles. The Balaban J connectivity index is 1.79. The largest absolute Gasteiger partial charge is 0.383 e. The molecule has 0 atom stereocenters. The lowest BCUT2D eigenvalue weighted by Crippen LogP contribution is -2.39. The highest BCUT2D eigenvalue weighted by Gasteiger charge is 2.26. The Morgan fingerprint density at radius 3 is 2.39 bits per heavy atom. The number of benzene rings is 2. The van der Waals surface area contributed by atoms with Crippen molar-refractivity contribution in [3.8, 4) is 16.3 Å². The zero-order valence-corrected chi connectivity index (χ0v) is 27.4. The third-order valence-electron chi connectivity index (χ3n) is 7.10. The van der Waals surface area contributed by atoms with Gasteiger partial charge in [-0.05, 0) is 70.5 Å². The Labute approximate surface area is 274 Å². The van der Waals surface area contributed by atoms with Gasteiger partial charge >= 0.3 is 11.7 Å². The molecule has 0 radical (unpaired) electrons. The van der Waals surface area contributed by atoms with Gasteiger partial charge < -0.3 is 10.1 Å². The Morgan fingerprint density at radius 2 is 1.76 bits per heavy atom. The summed E-state index contributed by atoms with van der Waals surface area (Å²) in [5.74, 6) is -1.59. The second-order valence-electron chi connectivity index (χ2n) is 10.2. The standard InChI is InChI=1S/C31H29BrF2N6O5S/c1-38(13-14-44-2)16-22-26-28(41)40(25-12-9-19(32)15-35-25)31(43)39(17-21-23(33)5-4-6-24(21)34)29(26)46-27(22)18-7-10-20(11-8-18)36-30(42)37-45-3/h4-12,15H,13-14,16-17H2,1-3H3,(H2,36,37,42). The van der Waals surface area contributed by atoms with Crippen LogP contribution in [0.2, 0.25) is 0 Å². The minimum atomic E-state index is -0.823. The van der Waals surface area contributed by atoms with Crippen molar-refractivity contribution in [2.45, 2.75) is 13.1 Å². The molecule has 0 saturated carbocycles. The Bertz CT molecular complexity index is 1980. The maximum Gasteiger partial charge on any atom is 0.343 e. The summed E-state index contributed by atoms with van der Waals surface area (Å²) in [6.07, 6.45) is 1.45. The maximum atomic E-state index is 14.9. The molecule has 46 heavy (non-hydrogen) atoms. The molecule has 2 N–H and O–H groups in total. The van der Waals surface area contributed by atoms with Crippen LogP contribution >= 0.6 is 27.3 Å². The number of pyridine rings is 1. The molecular formula is C31H29BrF2N6O5S. The highest BCUT2D eigenvalue weighted by molar-refractivity contribution is 9.10. The molecular weight excluding hydrogens is 686 g/mol. The van der Waals surface area contributed by atoms with Crippen LogP contribution < -0.4 is 22.0 Å². The van der Waals surface area contributed by atoms with E-state index in [4.69, 9.17) is 4.74 Å². The number of halogens is 3. The van der Waals surface area contributed by atoms with Crippen molar-refractivity contribution in [1.82, 2.24) is 24.5 Å². The summed E-state index contributed by atoms with van der Waals surface area (Å²) >= 11 is 4.48. The Kier molecular flexibility index (Phi) is 10.4. The molecule has 0 aliphatic heterocycles. The quantitative estimate of drug-likeness (QED) is 0.182. The van der Waals surface area contributed by atoms with Gasteiger partial charge in [0.2, 0.25) is 0 Å². The van der Waals surface area contributed by atoms with Crippen molar-refractivity contribution in [2.75, 3.05) is 39.7 Å². The predicted octanol–water partition coefficient (Wildman–Crippen LogP) is 5.13. The minimum absolute atomic E-state index is 0.0547. The SMILES string of the molecule is COCCN(C)Cc1c(-c2ccc(NC(=O)NOC)cc2)sc2c1c(=O)n(-c1ccc(Br)cn1)c(=O)n2Cc1c(F)cccc1F. The van der Waals surface area contributed by atoms with Crippen LogP contribution in [0.25, 0.3) is 26.5 Å². The molecule has 0 bridgehead atoms. The van der Waals surface area contributed by atoms with E-state index < -0.39 is 35.5 Å². The van der Waals surface area contributed by atoms with Crippen molar-refractivity contribution in [3.05, 3.63) is 109 Å². The average molecular weight is 716 g/mol. The van der Waals surface area contributed by atoms with E-state index in [2.05, 4.69) is 36.5 Å². The lowest BCUT2D eigenvalue weighted by atomic mass is 10.1. The number of nitrogens with zero attached hydrogens (tertiary/aromatic N) is 4. The average Bonchev–Trinajstić information content (AvgIpc) is 3.39. The molecule has 0 fully saturated rings. The van der Waals surface area contributed by atoms with Gasteiger partial charge in [0.1, 0.15) is 22.3 Å². The summed E-state index contributed by atoms with van der Waals surface area (Å²) in [6.45, 7) is 0.778. The first-order valence-electron chi connectivity index (χ1n) is 13.9. The van der Waals surface area contributed by atoms with E-state index in [1.807, 2.05) is 11.9 Å². The van der Waals surface area contributed by atoms with Gasteiger partial charge in [-0.3, -0.25) is 19.1 Å². The lowest BCUT2D eigenvalue weighted by molar-refractivity contribution is 0.114. The molecule has 5 rings (SSSR count). The second-order valence-corrected chi connectivity index (χ2v) is 12.1. The van der Waals surface area contributed by atoms with Crippen molar-refractivity contribution < 1.29 is 23.1 Å². The molecule has 0 aliphatic carbocycles. The van der Waals surface area contributed by atoms with Crippen LogP contribution in [-0.2, 0) is 22.7 Å². The third-order valence-corrected chi connectivity index (χ3v) is 8.87. The molecule has 5 aromatic rings. The van der Waals surface area contributed by atoms with Crippen molar-refractivity contribution >= 4 is 49.2 Å². The molecule has 2 aromatic carbocycles. The molecule has 0 saturated heterocycles. The zero-order valence-electron chi connectivity index (χ0n) is 25.0. The number of methoxy groups -OCH3 is 1. The number of ether oxygens (including phenoxy) is 1. The van der Waals surface area contributed by atoms with Gasteiger partial charge in [-0.25, -0.2) is 33.4 Å². The van der Waals surface area contributed by atoms with Gasteiger partial charge in [-0.1, -0.05) is 18.2 Å². The number of urea groups is 1. The number of carbonyl (C=O) groups is 1. The fraction of sp³-hybridized carbons (Fsp3) is 0.226. The summed E-state index contributed by atoms with van der Waals surface area (Å²) in [6, 6.07) is 12.9. The fourth-order valence-electron chi connectivity index (χ4n) is 4.89. The highest BCUT2D eigenvalue weighted by atomic mass is 79.9. The van der Waals surface area contributed by atoms with E-state index >= 15 is 0 Å². The summed E-state index contributed by atoms with van der Waals surface area (Å²) in [5.41, 5.74) is 2.22. The number of rotatable bonds is 11. The summed E-state index contributed by atoms with van der Waals surface area (Å²) < 4.78 is 37.9. The number of likely N-dealkylation sites (N-methyl/N-ethyl adjacent to an activating group) is 1. The Morgan fingerprint density at radius 1 is 1.04 bits per heavy atom. The molecule has 15 heteroatoms. The van der Waals surface area contributed by atoms with Gasteiger partial charge in [-0.15, -0.1) is 11.3 Å². The first-order valence-corrected chi connectivity index (χ1v) is 15.5. The zero-order chi connectivity index (χ0) is 33.0. The number of hydrogen-bond donors (Lipinski definition) is 2. The molecule has 240 valence electrons. The van der Waals surface area contributed by atoms with E-state index in [1.54, 1.807) is 37.4 Å². The molecule has 11 nitrogen and oxygen atoms in total. The van der Waals surface area contributed by atoms with Crippen molar-refractivity contribution in [3.63, 3.8) is 0 Å². The van der Waals surface area contributed by atoms with Crippen LogP contribution in [0.1, 0.15) is 11.1 Å². The first-order chi connectivity index (χ1) is 22.1. The topological polar surface area (TPSA) is 120 Å². The second kappa shape index (κ2) is 14.4. The highest BCUT2D eigenvalue weighted by Crippen LogP contribution is 2.38. The number of carbonyl (C=O) groups excluding carboxylic acids is 1. The van der Waals surface area contributed by atoms with Gasteiger partial charge in [0.15, 0.2) is 0 Å². The monoisotopic (exact) mass is 714 g/mol. The fourth-order valence-corrected chi connectivity index (χ4v) is 6.42. The maximum absolute atomic E-state index is 14.9. The number of amides is 2. The molecule has 2 amide bonds. The number of hydrogen-bond acceptors (Lipinski definition) is 8. The number of nitrogens with one attached hydrogen (secondary N) is 2. The third kappa shape index (κ3) is 6.93. The Hall–Kier alpha value is -4.28. The number of aromatic nitrogens is 3. The number of hydroxylamine groups is 1. The summed E-state index contributed by atoms with van der Waals surface area (Å²) in [7, 11) is 4.77. The predicted molar refractivity (Wildman–Crippen MR) is 175 cm³/mol.